The second-order valence-electron chi connectivity index (χ2n) is 3.62. The molecule has 0 radical (unpaired) electrons. The predicted octanol–water partition coefficient (Wildman–Crippen LogP) is 0.389. The van der Waals surface area contributed by atoms with E-state index in [9.17, 15) is 18.0 Å². The summed E-state index contributed by atoms with van der Waals surface area (Å²) in [7, 11) is 1.48. The Morgan fingerprint density at radius 3 is 2.50 bits per heavy atom. The van der Waals surface area contributed by atoms with E-state index < -0.39 is 25.3 Å². The third-order valence-electron chi connectivity index (χ3n) is 2.04. The Bertz CT molecular complexity index is 229. The molecule has 0 rings (SSSR count). The summed E-state index contributed by atoms with van der Waals surface area (Å²) in [6.07, 6.45) is -3.84. The smallest absolute Gasteiger partial charge is 0.383 e. The molecule has 108 valence electrons. The van der Waals surface area contributed by atoms with E-state index >= 15 is 0 Å². The lowest BCUT2D eigenvalue weighted by Gasteiger charge is -2.22. The standard InChI is InChI=1S/C10H19F3N2O3/c1-17-6-5-15(4-2-3-14)9(16)7-18-8-10(11,12)13/h2-8,14H2,1H3. The maximum Gasteiger partial charge on any atom is 0.411 e. The van der Waals surface area contributed by atoms with Gasteiger partial charge in [0, 0.05) is 20.2 Å². The molecule has 0 bridgehead atoms. The van der Waals surface area contributed by atoms with Gasteiger partial charge < -0.3 is 20.1 Å². The maximum absolute atomic E-state index is 11.8. The number of methoxy groups -OCH3 is 1. The highest BCUT2D eigenvalue weighted by Crippen LogP contribution is 2.14. The van der Waals surface area contributed by atoms with Crippen molar-refractivity contribution in [3.05, 3.63) is 0 Å². The zero-order chi connectivity index (χ0) is 14.0. The Labute approximate surface area is 104 Å². The monoisotopic (exact) mass is 272 g/mol. The van der Waals surface area contributed by atoms with Crippen molar-refractivity contribution in [1.82, 2.24) is 4.90 Å². The van der Waals surface area contributed by atoms with Crippen molar-refractivity contribution in [2.45, 2.75) is 12.6 Å². The molecule has 0 saturated heterocycles. The molecule has 0 aliphatic heterocycles. The van der Waals surface area contributed by atoms with Gasteiger partial charge in [0.1, 0.15) is 13.2 Å². The molecule has 0 unspecified atom stereocenters. The molecule has 0 aromatic heterocycles. The predicted molar refractivity (Wildman–Crippen MR) is 59.0 cm³/mol. The Balaban J connectivity index is 4.03. The number of carbonyl (C=O) groups excluding carboxylic acids is 1. The molecule has 2 N–H and O–H groups in total. The molecule has 18 heavy (non-hydrogen) atoms. The number of nitrogens with zero attached hydrogens (tertiary/aromatic N) is 1. The molecule has 0 aliphatic rings. The summed E-state index contributed by atoms with van der Waals surface area (Å²) in [5.41, 5.74) is 5.31. The Morgan fingerprint density at radius 2 is 2.00 bits per heavy atom. The number of halogens is 3. The van der Waals surface area contributed by atoms with Crippen molar-refractivity contribution in [3.8, 4) is 0 Å². The van der Waals surface area contributed by atoms with Gasteiger partial charge in [-0.1, -0.05) is 0 Å². The van der Waals surface area contributed by atoms with Crippen LogP contribution in [0.15, 0.2) is 0 Å². The highest BCUT2D eigenvalue weighted by molar-refractivity contribution is 5.77. The molecule has 0 heterocycles. The lowest BCUT2D eigenvalue weighted by molar-refractivity contribution is -0.178. The molecular weight excluding hydrogens is 253 g/mol. The van der Waals surface area contributed by atoms with E-state index in [0.29, 0.717) is 32.7 Å². The fourth-order valence-corrected chi connectivity index (χ4v) is 1.19. The first-order chi connectivity index (χ1) is 8.40. The van der Waals surface area contributed by atoms with E-state index in [1.165, 1.54) is 12.0 Å². The zero-order valence-corrected chi connectivity index (χ0v) is 10.3. The number of amides is 1. The van der Waals surface area contributed by atoms with Crippen molar-refractivity contribution in [1.29, 1.82) is 0 Å². The number of rotatable bonds is 9. The van der Waals surface area contributed by atoms with Gasteiger partial charge in [-0.15, -0.1) is 0 Å². The van der Waals surface area contributed by atoms with Gasteiger partial charge in [-0.05, 0) is 13.0 Å². The first-order valence-corrected chi connectivity index (χ1v) is 5.52. The number of ether oxygens (including phenoxy) is 2. The molecule has 0 aliphatic carbocycles. The van der Waals surface area contributed by atoms with Crippen LogP contribution in [0.1, 0.15) is 6.42 Å². The van der Waals surface area contributed by atoms with Gasteiger partial charge in [0.05, 0.1) is 6.61 Å². The topological polar surface area (TPSA) is 64.8 Å². The largest absolute Gasteiger partial charge is 0.411 e. The summed E-state index contributed by atoms with van der Waals surface area (Å²) < 4.78 is 44.6. The molecule has 8 heteroatoms. The minimum Gasteiger partial charge on any atom is -0.383 e. The fraction of sp³-hybridized carbons (Fsp3) is 0.900. The third kappa shape index (κ3) is 9.20. The molecule has 5 nitrogen and oxygen atoms in total. The summed E-state index contributed by atoms with van der Waals surface area (Å²) in [6.45, 7) is -0.601. The first-order valence-electron chi connectivity index (χ1n) is 5.52. The van der Waals surface area contributed by atoms with Crippen LogP contribution in [0.5, 0.6) is 0 Å². The van der Waals surface area contributed by atoms with Crippen LogP contribution in [0, 0.1) is 0 Å². The number of nitrogens with two attached hydrogens (primary N) is 1. The maximum atomic E-state index is 11.8. The molecule has 0 aromatic rings. The SMILES string of the molecule is COCCN(CCCN)C(=O)COCC(F)(F)F. The summed E-state index contributed by atoms with van der Waals surface area (Å²) >= 11 is 0. The molecule has 0 fully saturated rings. The van der Waals surface area contributed by atoms with Crippen molar-refractivity contribution < 1.29 is 27.4 Å². The van der Waals surface area contributed by atoms with Gasteiger partial charge in [0.2, 0.25) is 5.91 Å². The second kappa shape index (κ2) is 9.12. The number of hydrogen-bond donors (Lipinski definition) is 1. The van der Waals surface area contributed by atoms with Crippen molar-refractivity contribution in [2.75, 3.05) is 46.6 Å². The molecule has 0 spiro atoms. The van der Waals surface area contributed by atoms with Crippen LogP contribution in [-0.2, 0) is 14.3 Å². The Morgan fingerprint density at radius 1 is 1.33 bits per heavy atom. The molecule has 1 amide bonds. The van der Waals surface area contributed by atoms with E-state index in [4.69, 9.17) is 10.5 Å². The van der Waals surface area contributed by atoms with Crippen LogP contribution in [-0.4, -0.2) is 63.5 Å². The summed E-state index contributed by atoms with van der Waals surface area (Å²) in [5.74, 6) is -0.496. The van der Waals surface area contributed by atoms with E-state index in [1.807, 2.05) is 0 Å². The highest BCUT2D eigenvalue weighted by Gasteiger charge is 2.28. The molecular formula is C10H19F3N2O3. The summed E-state index contributed by atoms with van der Waals surface area (Å²) in [6, 6.07) is 0. The van der Waals surface area contributed by atoms with E-state index in [-0.39, 0.29) is 0 Å². The number of alkyl halides is 3. The zero-order valence-electron chi connectivity index (χ0n) is 10.3. The number of carbonyl (C=O) groups is 1. The van der Waals surface area contributed by atoms with Crippen LogP contribution in [0.4, 0.5) is 13.2 Å². The minimum atomic E-state index is -4.42. The van der Waals surface area contributed by atoms with Crippen molar-refractivity contribution in [3.63, 3.8) is 0 Å². The summed E-state index contributed by atoms with van der Waals surface area (Å²) in [4.78, 5) is 13.0. The van der Waals surface area contributed by atoms with Crippen molar-refractivity contribution in [2.24, 2.45) is 5.73 Å². The van der Waals surface area contributed by atoms with Gasteiger partial charge in [-0.2, -0.15) is 13.2 Å². The van der Waals surface area contributed by atoms with Crippen LogP contribution in [0.25, 0.3) is 0 Å². The molecule has 0 aromatic carbocycles. The van der Waals surface area contributed by atoms with Gasteiger partial charge in [0.25, 0.3) is 0 Å². The van der Waals surface area contributed by atoms with Crippen LogP contribution >= 0.6 is 0 Å². The fourth-order valence-electron chi connectivity index (χ4n) is 1.19. The normalized spacial score (nSPS) is 11.6. The summed E-state index contributed by atoms with van der Waals surface area (Å²) in [5, 5.41) is 0. The molecule has 0 atom stereocenters. The average molecular weight is 272 g/mol. The number of hydrogen-bond acceptors (Lipinski definition) is 4. The third-order valence-corrected chi connectivity index (χ3v) is 2.04. The quantitative estimate of drug-likeness (QED) is 0.659. The average Bonchev–Trinajstić information content (AvgIpc) is 2.27. The van der Waals surface area contributed by atoms with Crippen LogP contribution in [0.2, 0.25) is 0 Å². The lowest BCUT2D eigenvalue weighted by atomic mass is 10.3. The van der Waals surface area contributed by atoms with E-state index in [1.54, 1.807) is 0 Å². The van der Waals surface area contributed by atoms with Crippen LogP contribution < -0.4 is 5.73 Å². The van der Waals surface area contributed by atoms with Crippen LogP contribution in [0.3, 0.4) is 0 Å². The first kappa shape index (κ1) is 17.1. The van der Waals surface area contributed by atoms with Gasteiger partial charge in [0.15, 0.2) is 0 Å². The molecule has 0 saturated carbocycles. The van der Waals surface area contributed by atoms with Gasteiger partial charge in [-0.3, -0.25) is 4.79 Å². The van der Waals surface area contributed by atoms with Gasteiger partial charge in [-0.25, -0.2) is 0 Å². The highest BCUT2D eigenvalue weighted by atomic mass is 19.4. The second-order valence-corrected chi connectivity index (χ2v) is 3.62. The van der Waals surface area contributed by atoms with Crippen molar-refractivity contribution >= 4 is 5.91 Å². The Hall–Kier alpha value is -0.860. The minimum absolute atomic E-state index is 0.310. The van der Waals surface area contributed by atoms with E-state index in [0.717, 1.165) is 0 Å². The lowest BCUT2D eigenvalue weighted by Crippen LogP contribution is -2.38. The van der Waals surface area contributed by atoms with Gasteiger partial charge >= 0.3 is 6.18 Å². The Kier molecular flexibility index (Phi) is 8.69. The van der Waals surface area contributed by atoms with E-state index in [2.05, 4.69) is 4.74 Å².